The van der Waals surface area contributed by atoms with Gasteiger partial charge in [-0.05, 0) is 49.9 Å². The highest BCUT2D eigenvalue weighted by atomic mass is 19.4. The van der Waals surface area contributed by atoms with Crippen LogP contribution in [0.25, 0.3) is 0 Å². The summed E-state index contributed by atoms with van der Waals surface area (Å²) in [5, 5.41) is 2.49. The second-order valence-corrected chi connectivity index (χ2v) is 6.92. The van der Waals surface area contributed by atoms with Gasteiger partial charge in [-0.25, -0.2) is 9.97 Å². The molecule has 27 heavy (non-hydrogen) atoms. The predicted molar refractivity (Wildman–Crippen MR) is 96.8 cm³/mol. The Kier molecular flexibility index (Phi) is 5.34. The van der Waals surface area contributed by atoms with E-state index in [0.717, 1.165) is 38.1 Å². The lowest BCUT2D eigenvalue weighted by Gasteiger charge is -2.31. The van der Waals surface area contributed by atoms with E-state index in [2.05, 4.69) is 22.2 Å². The molecule has 1 N–H and O–H groups in total. The first-order valence-electron chi connectivity index (χ1n) is 8.81. The number of rotatable bonds is 3. The number of carbonyl (C=O) groups is 1. The van der Waals surface area contributed by atoms with Gasteiger partial charge in [-0.1, -0.05) is 13.0 Å². The number of aryl methyl sites for hydroxylation is 1. The Bertz CT molecular complexity index is 838. The van der Waals surface area contributed by atoms with Gasteiger partial charge < -0.3 is 10.2 Å². The zero-order valence-electron chi connectivity index (χ0n) is 15.2. The van der Waals surface area contributed by atoms with Crippen LogP contribution in [0.15, 0.2) is 30.3 Å². The van der Waals surface area contributed by atoms with E-state index in [-0.39, 0.29) is 11.4 Å². The summed E-state index contributed by atoms with van der Waals surface area (Å²) in [7, 11) is 0. The molecule has 1 aromatic heterocycles. The zero-order valence-corrected chi connectivity index (χ0v) is 15.2. The van der Waals surface area contributed by atoms with Crippen molar-refractivity contribution >= 4 is 17.5 Å². The van der Waals surface area contributed by atoms with Crippen molar-refractivity contribution in [1.82, 2.24) is 9.97 Å². The van der Waals surface area contributed by atoms with Crippen LogP contribution in [-0.2, 0) is 6.18 Å². The molecule has 1 unspecified atom stereocenters. The summed E-state index contributed by atoms with van der Waals surface area (Å²) in [5.41, 5.74) is 0.0157. The first-order valence-corrected chi connectivity index (χ1v) is 8.81. The summed E-state index contributed by atoms with van der Waals surface area (Å²) < 4.78 is 38.5. The number of piperidine rings is 1. The van der Waals surface area contributed by atoms with Crippen molar-refractivity contribution in [1.29, 1.82) is 0 Å². The van der Waals surface area contributed by atoms with Crippen molar-refractivity contribution in [3.63, 3.8) is 0 Å². The van der Waals surface area contributed by atoms with Crippen molar-refractivity contribution in [2.75, 3.05) is 23.3 Å². The van der Waals surface area contributed by atoms with Gasteiger partial charge in [-0.2, -0.15) is 13.2 Å². The molecule has 1 amide bonds. The summed E-state index contributed by atoms with van der Waals surface area (Å²) in [4.78, 5) is 23.3. The zero-order chi connectivity index (χ0) is 19.6. The van der Waals surface area contributed by atoms with Gasteiger partial charge in [0.15, 0.2) is 0 Å². The number of hydrogen-bond acceptors (Lipinski definition) is 4. The van der Waals surface area contributed by atoms with E-state index in [1.165, 1.54) is 18.2 Å². The lowest BCUT2D eigenvalue weighted by atomic mass is 10.0. The largest absolute Gasteiger partial charge is 0.416 e. The fourth-order valence-electron chi connectivity index (χ4n) is 3.15. The average Bonchev–Trinajstić information content (AvgIpc) is 2.60. The minimum absolute atomic E-state index is 0.0687. The Balaban J connectivity index is 1.81. The lowest BCUT2D eigenvalue weighted by molar-refractivity contribution is -0.137. The van der Waals surface area contributed by atoms with Crippen molar-refractivity contribution < 1.29 is 18.0 Å². The summed E-state index contributed by atoms with van der Waals surface area (Å²) in [5.74, 6) is 0.437. The third-order valence-corrected chi connectivity index (χ3v) is 4.46. The van der Waals surface area contributed by atoms with E-state index in [9.17, 15) is 18.0 Å². The van der Waals surface area contributed by atoms with E-state index in [0.29, 0.717) is 17.6 Å². The maximum Gasteiger partial charge on any atom is 0.416 e. The molecule has 144 valence electrons. The summed E-state index contributed by atoms with van der Waals surface area (Å²) in [6.45, 7) is 5.56. The molecule has 1 aliphatic heterocycles. The molecule has 0 aliphatic carbocycles. The van der Waals surface area contributed by atoms with E-state index in [1.54, 1.807) is 6.92 Å². The Hall–Kier alpha value is -2.64. The van der Waals surface area contributed by atoms with Crippen LogP contribution in [0.4, 0.5) is 24.8 Å². The molecule has 5 nitrogen and oxygen atoms in total. The van der Waals surface area contributed by atoms with E-state index < -0.39 is 17.6 Å². The van der Waals surface area contributed by atoms with Gasteiger partial charge in [-0.15, -0.1) is 0 Å². The number of alkyl halides is 3. The Morgan fingerprint density at radius 1 is 1.26 bits per heavy atom. The number of hydrogen-bond donors (Lipinski definition) is 1. The molecule has 2 aromatic rings. The third-order valence-electron chi connectivity index (χ3n) is 4.46. The van der Waals surface area contributed by atoms with Crippen LogP contribution < -0.4 is 10.2 Å². The van der Waals surface area contributed by atoms with Crippen LogP contribution in [0.2, 0.25) is 0 Å². The third kappa shape index (κ3) is 4.75. The Morgan fingerprint density at radius 3 is 2.74 bits per heavy atom. The van der Waals surface area contributed by atoms with Crippen molar-refractivity contribution in [3.05, 3.63) is 47.3 Å². The molecule has 0 bridgehead atoms. The number of anilines is 2. The number of aromatic nitrogens is 2. The molecule has 2 heterocycles. The molecule has 1 aromatic carbocycles. The number of nitrogens with one attached hydrogen (secondary N) is 1. The van der Waals surface area contributed by atoms with Gasteiger partial charge in [0, 0.05) is 24.5 Å². The highest BCUT2D eigenvalue weighted by molar-refractivity contribution is 6.03. The molecule has 1 saturated heterocycles. The molecule has 3 rings (SSSR count). The highest BCUT2D eigenvalue weighted by Crippen LogP contribution is 2.30. The summed E-state index contributed by atoms with van der Waals surface area (Å²) >= 11 is 0. The van der Waals surface area contributed by atoms with Gasteiger partial charge in [-0.3, -0.25) is 4.79 Å². The fourth-order valence-corrected chi connectivity index (χ4v) is 3.15. The maximum atomic E-state index is 12.8. The molecule has 1 atom stereocenters. The normalized spacial score (nSPS) is 17.7. The minimum Gasteiger partial charge on any atom is -0.341 e. The molecule has 0 radical (unpaired) electrons. The number of amides is 1. The maximum absolute atomic E-state index is 12.8. The number of halogens is 3. The lowest BCUT2D eigenvalue weighted by Crippen LogP contribution is -2.36. The monoisotopic (exact) mass is 378 g/mol. The van der Waals surface area contributed by atoms with Gasteiger partial charge >= 0.3 is 6.18 Å². The van der Waals surface area contributed by atoms with Gasteiger partial charge in [0.2, 0.25) is 5.95 Å². The number of benzene rings is 1. The molecule has 0 spiro atoms. The quantitative estimate of drug-likeness (QED) is 0.866. The molecule has 8 heteroatoms. The molecule has 1 fully saturated rings. The van der Waals surface area contributed by atoms with Crippen LogP contribution in [-0.4, -0.2) is 29.0 Å². The first kappa shape index (κ1) is 19.1. The van der Waals surface area contributed by atoms with Crippen LogP contribution in [0.1, 0.15) is 41.5 Å². The standard InChI is InChI=1S/C19H21F3N4O/c1-12-5-4-8-26(11-12)18-23-13(2)9-16(25-18)17(27)24-15-7-3-6-14(10-15)19(20,21)22/h3,6-7,9-10,12H,4-5,8,11H2,1-2H3,(H,24,27). The van der Waals surface area contributed by atoms with Gasteiger partial charge in [0.05, 0.1) is 5.56 Å². The van der Waals surface area contributed by atoms with Crippen molar-refractivity contribution in [3.8, 4) is 0 Å². The van der Waals surface area contributed by atoms with E-state index >= 15 is 0 Å². The van der Waals surface area contributed by atoms with Gasteiger partial charge in [0.25, 0.3) is 5.91 Å². The van der Waals surface area contributed by atoms with Gasteiger partial charge in [0.1, 0.15) is 5.69 Å². The SMILES string of the molecule is Cc1cc(C(=O)Nc2cccc(C(F)(F)F)c2)nc(N2CCCC(C)C2)n1. The molecule has 0 saturated carbocycles. The van der Waals surface area contributed by atoms with Crippen LogP contribution in [0.3, 0.4) is 0 Å². The second kappa shape index (κ2) is 7.54. The molecule has 1 aliphatic rings. The topological polar surface area (TPSA) is 58.1 Å². The summed E-state index contributed by atoms with van der Waals surface area (Å²) in [6.07, 6.45) is -2.29. The fraction of sp³-hybridized carbons (Fsp3) is 0.421. The summed E-state index contributed by atoms with van der Waals surface area (Å²) in [6, 6.07) is 6.05. The number of nitrogens with zero attached hydrogens (tertiary/aromatic N) is 3. The van der Waals surface area contributed by atoms with Crippen molar-refractivity contribution in [2.45, 2.75) is 32.9 Å². The Morgan fingerprint density at radius 2 is 2.04 bits per heavy atom. The number of carbonyl (C=O) groups excluding carboxylic acids is 1. The van der Waals surface area contributed by atoms with E-state index in [4.69, 9.17) is 0 Å². The van der Waals surface area contributed by atoms with Crippen molar-refractivity contribution in [2.24, 2.45) is 5.92 Å². The van der Waals surface area contributed by atoms with Crippen LogP contribution in [0.5, 0.6) is 0 Å². The van der Waals surface area contributed by atoms with E-state index in [1.807, 2.05) is 4.90 Å². The highest BCUT2D eigenvalue weighted by Gasteiger charge is 2.30. The van der Waals surface area contributed by atoms with Crippen LogP contribution >= 0.6 is 0 Å². The second-order valence-electron chi connectivity index (χ2n) is 6.92. The van der Waals surface area contributed by atoms with Crippen LogP contribution in [0, 0.1) is 12.8 Å². The molecular formula is C19H21F3N4O. The first-order chi connectivity index (χ1) is 12.7. The predicted octanol–water partition coefficient (Wildman–Crippen LogP) is 4.29. The average molecular weight is 378 g/mol. The molecular weight excluding hydrogens is 357 g/mol. The smallest absolute Gasteiger partial charge is 0.341 e. The Labute approximate surface area is 155 Å². The minimum atomic E-state index is -4.47.